The molecule has 124 valence electrons. The van der Waals surface area contributed by atoms with Gasteiger partial charge in [-0.1, -0.05) is 20.8 Å². The second kappa shape index (κ2) is 5.60. The number of fused-ring (bicyclic) bond motifs is 1. The molecule has 0 saturated heterocycles. The summed E-state index contributed by atoms with van der Waals surface area (Å²) in [6.07, 6.45) is 0.819. The van der Waals surface area contributed by atoms with Gasteiger partial charge in [-0.3, -0.25) is 14.4 Å². The molecule has 0 fully saturated rings. The van der Waals surface area contributed by atoms with Gasteiger partial charge in [0.25, 0.3) is 5.56 Å². The van der Waals surface area contributed by atoms with Crippen LogP contribution in [-0.2, 0) is 32.0 Å². The minimum Gasteiger partial charge on any atom is -0.310 e. The topological polar surface area (TPSA) is 66.8 Å². The highest BCUT2D eigenvalue weighted by molar-refractivity contribution is 5.23. The van der Waals surface area contributed by atoms with Crippen LogP contribution >= 0.6 is 0 Å². The molecule has 2 aromatic heterocycles. The molecule has 1 N–H and O–H groups in total. The van der Waals surface area contributed by atoms with Crippen molar-refractivity contribution < 1.29 is 0 Å². The zero-order valence-electron chi connectivity index (χ0n) is 14.6. The van der Waals surface area contributed by atoms with E-state index in [1.54, 1.807) is 0 Å². The Bertz CT molecular complexity index is 781. The zero-order chi connectivity index (χ0) is 16.8. The predicted molar refractivity (Wildman–Crippen MR) is 89.3 cm³/mol. The maximum absolute atomic E-state index is 12.5. The smallest absolute Gasteiger partial charge is 0.255 e. The number of nitrogens with zero attached hydrogens (tertiary/aromatic N) is 4. The minimum absolute atomic E-state index is 0.00538. The van der Waals surface area contributed by atoms with Crippen molar-refractivity contribution in [3.05, 3.63) is 44.9 Å². The van der Waals surface area contributed by atoms with Crippen molar-refractivity contribution in [3.63, 3.8) is 0 Å². The van der Waals surface area contributed by atoms with Gasteiger partial charge >= 0.3 is 0 Å². The number of rotatable bonds is 2. The van der Waals surface area contributed by atoms with Gasteiger partial charge in [-0.15, -0.1) is 0 Å². The lowest BCUT2D eigenvalue weighted by Crippen LogP contribution is -2.37. The van der Waals surface area contributed by atoms with Crippen LogP contribution in [0.3, 0.4) is 0 Å². The van der Waals surface area contributed by atoms with E-state index in [0.717, 1.165) is 42.3 Å². The van der Waals surface area contributed by atoms with Crippen molar-refractivity contribution in [2.75, 3.05) is 6.54 Å². The Hall–Kier alpha value is -1.95. The highest BCUT2D eigenvalue weighted by atomic mass is 16.1. The first-order valence-corrected chi connectivity index (χ1v) is 8.08. The van der Waals surface area contributed by atoms with E-state index < -0.39 is 0 Å². The van der Waals surface area contributed by atoms with E-state index in [1.807, 2.05) is 18.7 Å². The van der Waals surface area contributed by atoms with Crippen LogP contribution in [0.5, 0.6) is 0 Å². The molecule has 1 aliphatic rings. The fourth-order valence-corrected chi connectivity index (χ4v) is 3.01. The van der Waals surface area contributed by atoms with Gasteiger partial charge in [-0.2, -0.15) is 5.10 Å². The summed E-state index contributed by atoms with van der Waals surface area (Å²) in [4.78, 5) is 22.4. The van der Waals surface area contributed by atoms with Crippen LogP contribution in [0.4, 0.5) is 0 Å². The molecule has 1 aliphatic heterocycles. The fourth-order valence-electron chi connectivity index (χ4n) is 3.01. The summed E-state index contributed by atoms with van der Waals surface area (Å²) < 4.78 is 1.91. The molecular formula is C17H25N5O. The number of aromatic nitrogens is 4. The lowest BCUT2D eigenvalue weighted by atomic mass is 9.95. The summed E-state index contributed by atoms with van der Waals surface area (Å²) in [6, 6.07) is 2.10. The Kier molecular flexibility index (Phi) is 3.88. The molecule has 23 heavy (non-hydrogen) atoms. The Morgan fingerprint density at radius 2 is 2.09 bits per heavy atom. The van der Waals surface area contributed by atoms with Crippen LogP contribution < -0.4 is 5.56 Å². The van der Waals surface area contributed by atoms with Crippen molar-refractivity contribution in [1.29, 1.82) is 0 Å². The van der Waals surface area contributed by atoms with Crippen molar-refractivity contribution in [2.45, 2.75) is 52.6 Å². The molecule has 6 heteroatoms. The normalized spacial score (nSPS) is 15.7. The van der Waals surface area contributed by atoms with Gasteiger partial charge in [0.15, 0.2) is 0 Å². The van der Waals surface area contributed by atoms with Crippen LogP contribution in [0.25, 0.3) is 0 Å². The van der Waals surface area contributed by atoms with E-state index in [1.165, 1.54) is 5.69 Å². The van der Waals surface area contributed by atoms with Gasteiger partial charge in [-0.25, -0.2) is 4.98 Å². The van der Waals surface area contributed by atoms with Crippen molar-refractivity contribution in [2.24, 2.45) is 7.05 Å². The van der Waals surface area contributed by atoms with E-state index in [2.05, 4.69) is 41.8 Å². The summed E-state index contributed by atoms with van der Waals surface area (Å²) in [7, 11) is 1.96. The molecule has 3 rings (SSSR count). The lowest BCUT2D eigenvalue weighted by Gasteiger charge is -2.28. The zero-order valence-corrected chi connectivity index (χ0v) is 14.6. The summed E-state index contributed by atoms with van der Waals surface area (Å²) in [5.74, 6) is 0.775. The molecule has 2 aromatic rings. The summed E-state index contributed by atoms with van der Waals surface area (Å²) in [6.45, 7) is 10.6. The highest BCUT2D eigenvalue weighted by Crippen LogP contribution is 2.21. The van der Waals surface area contributed by atoms with E-state index >= 15 is 0 Å². The molecule has 0 spiro atoms. The number of nitrogens with one attached hydrogen (secondary N) is 1. The first-order chi connectivity index (χ1) is 10.7. The van der Waals surface area contributed by atoms with E-state index in [0.29, 0.717) is 6.54 Å². The number of hydrogen-bond donors (Lipinski definition) is 1. The van der Waals surface area contributed by atoms with Crippen molar-refractivity contribution in [3.8, 4) is 0 Å². The Morgan fingerprint density at radius 3 is 2.70 bits per heavy atom. The Balaban J connectivity index is 1.84. The number of aryl methyl sites for hydroxylation is 2. The quantitative estimate of drug-likeness (QED) is 0.915. The predicted octanol–water partition coefficient (Wildman–Crippen LogP) is 1.67. The van der Waals surface area contributed by atoms with Crippen molar-refractivity contribution in [1.82, 2.24) is 24.6 Å². The molecule has 0 aliphatic carbocycles. The standard InChI is InChI=1S/C17H25N5O/c1-11-8-12(21(5)20-11)9-22-7-6-14-13(10-22)15(23)19-16(18-14)17(2,3)4/h8H,6-7,9-10H2,1-5H3,(H,18,19,23). The van der Waals surface area contributed by atoms with Gasteiger partial charge in [0.05, 0.1) is 22.6 Å². The monoisotopic (exact) mass is 315 g/mol. The van der Waals surface area contributed by atoms with Gasteiger partial charge in [0, 0.05) is 38.5 Å². The minimum atomic E-state index is -0.141. The molecule has 0 unspecified atom stereocenters. The molecule has 0 aromatic carbocycles. The average Bonchev–Trinajstić information content (AvgIpc) is 2.76. The maximum Gasteiger partial charge on any atom is 0.255 e. The van der Waals surface area contributed by atoms with Gasteiger partial charge in [-0.05, 0) is 13.0 Å². The molecule has 0 bridgehead atoms. The molecule has 0 radical (unpaired) electrons. The third kappa shape index (κ3) is 3.22. The lowest BCUT2D eigenvalue weighted by molar-refractivity contribution is 0.235. The van der Waals surface area contributed by atoms with Gasteiger partial charge in [0.2, 0.25) is 0 Å². The Morgan fingerprint density at radius 1 is 1.35 bits per heavy atom. The second-order valence-corrected chi connectivity index (χ2v) is 7.45. The number of aromatic amines is 1. The third-order valence-corrected chi connectivity index (χ3v) is 4.34. The second-order valence-electron chi connectivity index (χ2n) is 7.45. The molecule has 0 amide bonds. The summed E-state index contributed by atoms with van der Waals surface area (Å²) in [5.41, 5.74) is 3.82. The summed E-state index contributed by atoms with van der Waals surface area (Å²) >= 11 is 0. The molecular weight excluding hydrogens is 290 g/mol. The first-order valence-electron chi connectivity index (χ1n) is 8.08. The SMILES string of the molecule is Cc1cc(CN2CCc3nc(C(C)(C)C)[nH]c(=O)c3C2)n(C)n1. The van der Waals surface area contributed by atoms with Crippen molar-refractivity contribution >= 4 is 0 Å². The van der Waals surface area contributed by atoms with Crippen LogP contribution in [0.2, 0.25) is 0 Å². The molecule has 0 saturated carbocycles. The van der Waals surface area contributed by atoms with E-state index in [-0.39, 0.29) is 11.0 Å². The van der Waals surface area contributed by atoms with Gasteiger partial charge in [0.1, 0.15) is 5.82 Å². The van der Waals surface area contributed by atoms with Crippen LogP contribution in [0.15, 0.2) is 10.9 Å². The number of H-pyrrole nitrogens is 1. The van der Waals surface area contributed by atoms with Crippen LogP contribution in [0.1, 0.15) is 49.2 Å². The van der Waals surface area contributed by atoms with Crippen LogP contribution in [-0.4, -0.2) is 31.2 Å². The average molecular weight is 315 g/mol. The summed E-state index contributed by atoms with van der Waals surface area (Å²) in [5, 5.41) is 4.39. The van der Waals surface area contributed by atoms with Crippen LogP contribution in [0, 0.1) is 6.92 Å². The fraction of sp³-hybridized carbons (Fsp3) is 0.588. The molecule has 6 nitrogen and oxygen atoms in total. The van der Waals surface area contributed by atoms with E-state index in [9.17, 15) is 4.79 Å². The molecule has 3 heterocycles. The largest absolute Gasteiger partial charge is 0.310 e. The Labute approximate surface area is 136 Å². The molecule has 0 atom stereocenters. The van der Waals surface area contributed by atoms with E-state index in [4.69, 9.17) is 4.98 Å². The first kappa shape index (κ1) is 15.9. The van der Waals surface area contributed by atoms with Gasteiger partial charge < -0.3 is 4.98 Å². The highest BCUT2D eigenvalue weighted by Gasteiger charge is 2.25. The third-order valence-electron chi connectivity index (χ3n) is 4.34. The maximum atomic E-state index is 12.5. The number of hydrogen-bond acceptors (Lipinski definition) is 4.